The number of aromatic nitrogens is 2. The number of aryl methyl sites for hydroxylation is 1. The molecular formula is C21H25Cl2N5O2. The Bertz CT molecular complexity index is 982. The summed E-state index contributed by atoms with van der Waals surface area (Å²) in [4.78, 5) is 28.1. The number of rotatable bonds is 3. The van der Waals surface area contributed by atoms with Crippen LogP contribution in [-0.4, -0.2) is 57.7 Å². The maximum Gasteiger partial charge on any atom is 0.344 e. The van der Waals surface area contributed by atoms with Crippen LogP contribution in [0.25, 0.3) is 0 Å². The molecule has 0 unspecified atom stereocenters. The zero-order valence-electron chi connectivity index (χ0n) is 16.9. The van der Waals surface area contributed by atoms with E-state index in [9.17, 15) is 9.59 Å². The summed E-state index contributed by atoms with van der Waals surface area (Å²) >= 11 is 12.7. The first kappa shape index (κ1) is 21.2. The van der Waals surface area contributed by atoms with Crippen molar-refractivity contribution >= 4 is 35.1 Å². The summed E-state index contributed by atoms with van der Waals surface area (Å²) in [6, 6.07) is 5.09. The van der Waals surface area contributed by atoms with Crippen LogP contribution < -0.4 is 5.73 Å². The van der Waals surface area contributed by atoms with Crippen molar-refractivity contribution in [3.63, 3.8) is 0 Å². The van der Waals surface area contributed by atoms with Crippen molar-refractivity contribution in [1.82, 2.24) is 19.6 Å². The SMILES string of the molecule is Cc1cc(Cl)cc(CN2CCC3(CCN(C(=O)n4ccc(C(N)=O)n4)CC3)C2)c1Cl. The highest BCUT2D eigenvalue weighted by atomic mass is 35.5. The van der Waals surface area contributed by atoms with Crippen molar-refractivity contribution < 1.29 is 9.59 Å². The molecule has 7 nitrogen and oxygen atoms in total. The molecule has 3 heterocycles. The van der Waals surface area contributed by atoms with Gasteiger partial charge in [-0.3, -0.25) is 9.69 Å². The first-order chi connectivity index (χ1) is 14.3. The van der Waals surface area contributed by atoms with E-state index in [2.05, 4.69) is 10.00 Å². The molecule has 0 saturated carbocycles. The van der Waals surface area contributed by atoms with Crippen molar-refractivity contribution in [3.8, 4) is 0 Å². The van der Waals surface area contributed by atoms with Gasteiger partial charge in [0.2, 0.25) is 0 Å². The summed E-state index contributed by atoms with van der Waals surface area (Å²) in [6.45, 7) is 6.11. The zero-order valence-corrected chi connectivity index (χ0v) is 18.4. The number of benzene rings is 1. The molecule has 1 aromatic carbocycles. The number of halogens is 2. The van der Waals surface area contributed by atoms with Crippen molar-refractivity contribution in [1.29, 1.82) is 0 Å². The molecule has 4 rings (SSSR count). The van der Waals surface area contributed by atoms with Gasteiger partial charge in [-0.2, -0.15) is 9.78 Å². The predicted molar refractivity (Wildman–Crippen MR) is 116 cm³/mol. The van der Waals surface area contributed by atoms with Gasteiger partial charge in [0, 0.05) is 42.4 Å². The third kappa shape index (κ3) is 4.19. The molecule has 2 N–H and O–H groups in total. The summed E-state index contributed by atoms with van der Waals surface area (Å²) in [7, 11) is 0. The van der Waals surface area contributed by atoms with Crippen LogP contribution >= 0.6 is 23.2 Å². The maximum absolute atomic E-state index is 12.7. The zero-order chi connectivity index (χ0) is 21.5. The van der Waals surface area contributed by atoms with E-state index in [0.29, 0.717) is 18.1 Å². The average Bonchev–Trinajstić information content (AvgIpc) is 3.34. The van der Waals surface area contributed by atoms with E-state index in [1.54, 1.807) is 4.90 Å². The molecule has 0 aliphatic carbocycles. The van der Waals surface area contributed by atoms with E-state index in [4.69, 9.17) is 28.9 Å². The molecule has 1 aromatic heterocycles. The standard InChI is InChI=1S/C21H25Cl2N5O2/c1-14-10-16(22)11-15(18(14)23)12-26-7-3-21(13-26)4-8-27(9-5-21)20(30)28-6-2-17(25-28)19(24)29/h2,6,10-11H,3-5,7-9,12-13H2,1H3,(H2,24,29). The smallest absolute Gasteiger partial charge is 0.344 e. The lowest BCUT2D eigenvalue weighted by molar-refractivity contribution is 0.0994. The number of piperidine rings is 1. The number of nitrogens with two attached hydrogens (primary N) is 1. The van der Waals surface area contributed by atoms with Crippen LogP contribution in [0.3, 0.4) is 0 Å². The summed E-state index contributed by atoms with van der Waals surface area (Å²) in [5, 5.41) is 5.48. The van der Waals surface area contributed by atoms with E-state index >= 15 is 0 Å². The molecule has 0 radical (unpaired) electrons. The number of carbonyl (C=O) groups excluding carboxylic acids is 2. The Hall–Kier alpha value is -2.09. The van der Waals surface area contributed by atoms with Gasteiger partial charge in [0.25, 0.3) is 5.91 Å². The second-order valence-corrected chi connectivity index (χ2v) is 9.25. The van der Waals surface area contributed by atoms with Crippen LogP contribution in [0.15, 0.2) is 24.4 Å². The predicted octanol–water partition coefficient (Wildman–Crippen LogP) is 3.55. The molecule has 9 heteroatoms. The highest BCUT2D eigenvalue weighted by Gasteiger charge is 2.41. The van der Waals surface area contributed by atoms with E-state index in [0.717, 1.165) is 55.0 Å². The number of hydrogen-bond acceptors (Lipinski definition) is 4. The van der Waals surface area contributed by atoms with Crippen molar-refractivity contribution in [2.45, 2.75) is 32.7 Å². The molecule has 30 heavy (non-hydrogen) atoms. The molecular weight excluding hydrogens is 425 g/mol. The second kappa shape index (κ2) is 8.21. The fraction of sp³-hybridized carbons (Fsp3) is 0.476. The minimum atomic E-state index is -0.639. The Morgan fingerprint density at radius 2 is 1.87 bits per heavy atom. The van der Waals surface area contributed by atoms with Crippen LogP contribution in [0.5, 0.6) is 0 Å². The molecule has 2 saturated heterocycles. The number of hydrogen-bond donors (Lipinski definition) is 1. The van der Waals surface area contributed by atoms with Gasteiger partial charge in [-0.25, -0.2) is 4.79 Å². The molecule has 2 fully saturated rings. The van der Waals surface area contributed by atoms with E-state index in [1.807, 2.05) is 19.1 Å². The summed E-state index contributed by atoms with van der Waals surface area (Å²) in [5.41, 5.74) is 7.60. The Morgan fingerprint density at radius 3 is 2.53 bits per heavy atom. The van der Waals surface area contributed by atoms with Crippen LogP contribution in [0, 0.1) is 12.3 Å². The highest BCUT2D eigenvalue weighted by Crippen LogP contribution is 2.41. The van der Waals surface area contributed by atoms with Crippen LogP contribution in [0.4, 0.5) is 4.79 Å². The fourth-order valence-corrected chi connectivity index (χ4v) is 5.07. The number of nitrogens with zero attached hydrogens (tertiary/aromatic N) is 4. The van der Waals surface area contributed by atoms with E-state index < -0.39 is 5.91 Å². The van der Waals surface area contributed by atoms with Gasteiger partial charge < -0.3 is 10.6 Å². The van der Waals surface area contributed by atoms with E-state index in [-0.39, 0.29) is 17.1 Å². The minimum absolute atomic E-state index is 0.0955. The second-order valence-electron chi connectivity index (χ2n) is 8.44. The van der Waals surface area contributed by atoms with Crippen LogP contribution in [0.2, 0.25) is 10.0 Å². The Kier molecular flexibility index (Phi) is 5.79. The van der Waals surface area contributed by atoms with E-state index in [1.165, 1.54) is 16.9 Å². The van der Waals surface area contributed by atoms with Crippen molar-refractivity contribution in [3.05, 3.63) is 51.3 Å². The molecule has 1 spiro atoms. The molecule has 2 aliphatic heterocycles. The monoisotopic (exact) mass is 449 g/mol. The van der Waals surface area contributed by atoms with Crippen molar-refractivity contribution in [2.75, 3.05) is 26.2 Å². The average molecular weight is 450 g/mol. The maximum atomic E-state index is 12.7. The molecule has 2 aliphatic rings. The van der Waals surface area contributed by atoms with Gasteiger partial charge in [0.15, 0.2) is 5.69 Å². The number of primary amides is 1. The topological polar surface area (TPSA) is 84.5 Å². The Labute approximate surface area is 185 Å². The third-order valence-corrected chi connectivity index (χ3v) is 7.10. The normalized spacial score (nSPS) is 18.8. The van der Waals surface area contributed by atoms with Gasteiger partial charge in [0.05, 0.1) is 0 Å². The number of likely N-dealkylation sites (tertiary alicyclic amines) is 2. The lowest BCUT2D eigenvalue weighted by Gasteiger charge is -2.39. The van der Waals surface area contributed by atoms with Gasteiger partial charge in [-0.1, -0.05) is 23.2 Å². The van der Waals surface area contributed by atoms with Crippen LogP contribution in [0.1, 0.15) is 40.9 Å². The van der Waals surface area contributed by atoms with Gasteiger partial charge in [-0.15, -0.1) is 0 Å². The Morgan fingerprint density at radius 1 is 1.17 bits per heavy atom. The highest BCUT2D eigenvalue weighted by molar-refractivity contribution is 6.34. The fourth-order valence-electron chi connectivity index (χ4n) is 4.60. The number of amides is 2. The summed E-state index contributed by atoms with van der Waals surface area (Å²) in [5.74, 6) is -0.639. The quantitative estimate of drug-likeness (QED) is 0.775. The molecule has 0 atom stereocenters. The lowest BCUT2D eigenvalue weighted by Crippen LogP contribution is -2.45. The largest absolute Gasteiger partial charge is 0.364 e. The van der Waals surface area contributed by atoms with Gasteiger partial charge >= 0.3 is 6.03 Å². The molecule has 2 amide bonds. The van der Waals surface area contributed by atoms with Crippen LogP contribution in [-0.2, 0) is 6.54 Å². The lowest BCUT2D eigenvalue weighted by atomic mass is 9.78. The molecule has 160 valence electrons. The van der Waals surface area contributed by atoms with Crippen molar-refractivity contribution in [2.24, 2.45) is 11.1 Å². The molecule has 2 aromatic rings. The summed E-state index contributed by atoms with van der Waals surface area (Å²) < 4.78 is 1.20. The first-order valence-corrected chi connectivity index (χ1v) is 10.8. The third-order valence-electron chi connectivity index (χ3n) is 6.34. The summed E-state index contributed by atoms with van der Waals surface area (Å²) in [6.07, 6.45) is 4.49. The van der Waals surface area contributed by atoms with Gasteiger partial charge in [-0.05, 0) is 67.5 Å². The number of carbonyl (C=O) groups is 2. The van der Waals surface area contributed by atoms with Gasteiger partial charge in [0.1, 0.15) is 0 Å². The molecule has 0 bridgehead atoms. The Balaban J connectivity index is 1.36. The first-order valence-electron chi connectivity index (χ1n) is 10.1. The minimum Gasteiger partial charge on any atom is -0.364 e.